The van der Waals surface area contributed by atoms with Crippen LogP contribution in [0.15, 0.2) is 18.7 Å². The number of rotatable bonds is 5. The molecule has 0 saturated heterocycles. The molecule has 1 aliphatic rings. The zero-order chi connectivity index (χ0) is 11.9. The van der Waals surface area contributed by atoms with E-state index in [1.54, 1.807) is 6.33 Å². The van der Waals surface area contributed by atoms with Crippen LogP contribution in [-0.2, 0) is 0 Å². The SMILES string of the molecule is CNC(CCC1CCCCC1)c1cncnc1. The number of nitrogens with one attached hydrogen (secondary N) is 1. The Balaban J connectivity index is 1.83. The lowest BCUT2D eigenvalue weighted by Crippen LogP contribution is -2.18. The average molecular weight is 233 g/mol. The molecule has 1 atom stereocenters. The van der Waals surface area contributed by atoms with Crippen molar-refractivity contribution in [3.05, 3.63) is 24.3 Å². The summed E-state index contributed by atoms with van der Waals surface area (Å²) < 4.78 is 0. The first-order chi connectivity index (χ1) is 8.40. The third-order valence-corrected chi connectivity index (χ3v) is 3.92. The Morgan fingerprint density at radius 1 is 1.24 bits per heavy atom. The number of nitrogens with zero attached hydrogens (tertiary/aromatic N) is 2. The summed E-state index contributed by atoms with van der Waals surface area (Å²) >= 11 is 0. The van der Waals surface area contributed by atoms with Crippen molar-refractivity contribution in [1.82, 2.24) is 15.3 Å². The fraction of sp³-hybridized carbons (Fsp3) is 0.714. The molecule has 1 saturated carbocycles. The molecule has 1 heterocycles. The van der Waals surface area contributed by atoms with Crippen molar-refractivity contribution in [2.24, 2.45) is 5.92 Å². The van der Waals surface area contributed by atoms with Crippen LogP contribution in [0.5, 0.6) is 0 Å². The summed E-state index contributed by atoms with van der Waals surface area (Å²) in [5, 5.41) is 3.38. The molecule has 1 fully saturated rings. The van der Waals surface area contributed by atoms with E-state index in [1.807, 2.05) is 19.4 Å². The van der Waals surface area contributed by atoms with Crippen LogP contribution in [0.25, 0.3) is 0 Å². The summed E-state index contributed by atoms with van der Waals surface area (Å²) in [6.07, 6.45) is 15.2. The second-order valence-corrected chi connectivity index (χ2v) is 5.09. The van der Waals surface area contributed by atoms with E-state index in [1.165, 1.54) is 50.5 Å². The first-order valence-corrected chi connectivity index (χ1v) is 6.82. The van der Waals surface area contributed by atoms with Crippen molar-refractivity contribution < 1.29 is 0 Å². The van der Waals surface area contributed by atoms with Crippen molar-refractivity contribution >= 4 is 0 Å². The lowest BCUT2D eigenvalue weighted by molar-refractivity contribution is 0.317. The molecule has 1 aromatic rings. The van der Waals surface area contributed by atoms with Crippen molar-refractivity contribution in [2.75, 3.05) is 7.05 Å². The molecular weight excluding hydrogens is 210 g/mol. The highest BCUT2D eigenvalue weighted by molar-refractivity contribution is 5.08. The van der Waals surface area contributed by atoms with Gasteiger partial charge in [0.05, 0.1) is 0 Å². The summed E-state index contributed by atoms with van der Waals surface area (Å²) in [6, 6.07) is 0.415. The smallest absolute Gasteiger partial charge is 0.115 e. The van der Waals surface area contributed by atoms with Crippen LogP contribution in [0, 0.1) is 5.92 Å². The molecule has 0 aromatic carbocycles. The number of aromatic nitrogens is 2. The van der Waals surface area contributed by atoms with Gasteiger partial charge in [-0.25, -0.2) is 9.97 Å². The van der Waals surface area contributed by atoms with Crippen LogP contribution < -0.4 is 5.32 Å². The molecule has 0 radical (unpaired) electrons. The fourth-order valence-electron chi connectivity index (χ4n) is 2.85. The minimum absolute atomic E-state index is 0.415. The van der Waals surface area contributed by atoms with E-state index in [-0.39, 0.29) is 0 Å². The van der Waals surface area contributed by atoms with Gasteiger partial charge < -0.3 is 5.32 Å². The van der Waals surface area contributed by atoms with Gasteiger partial charge >= 0.3 is 0 Å². The van der Waals surface area contributed by atoms with E-state index in [4.69, 9.17) is 0 Å². The largest absolute Gasteiger partial charge is 0.313 e. The van der Waals surface area contributed by atoms with E-state index >= 15 is 0 Å². The number of hydrogen-bond donors (Lipinski definition) is 1. The minimum atomic E-state index is 0.415. The molecule has 94 valence electrons. The van der Waals surface area contributed by atoms with Crippen LogP contribution >= 0.6 is 0 Å². The molecule has 3 heteroatoms. The van der Waals surface area contributed by atoms with Crippen molar-refractivity contribution in [2.45, 2.75) is 51.0 Å². The second kappa shape index (κ2) is 6.70. The van der Waals surface area contributed by atoms with E-state index in [0.29, 0.717) is 6.04 Å². The Labute approximate surface area is 104 Å². The first-order valence-electron chi connectivity index (χ1n) is 6.82. The molecule has 1 aliphatic carbocycles. The van der Waals surface area contributed by atoms with E-state index < -0.39 is 0 Å². The molecule has 3 nitrogen and oxygen atoms in total. The predicted octanol–water partition coefficient (Wildman–Crippen LogP) is 3.10. The van der Waals surface area contributed by atoms with Gasteiger partial charge in [0, 0.05) is 24.0 Å². The third-order valence-electron chi connectivity index (χ3n) is 3.92. The Morgan fingerprint density at radius 2 is 1.94 bits per heavy atom. The Morgan fingerprint density at radius 3 is 2.59 bits per heavy atom. The zero-order valence-electron chi connectivity index (χ0n) is 10.7. The van der Waals surface area contributed by atoms with Gasteiger partial charge in [-0.1, -0.05) is 32.1 Å². The first kappa shape index (κ1) is 12.5. The number of hydrogen-bond acceptors (Lipinski definition) is 3. The summed E-state index contributed by atoms with van der Waals surface area (Å²) in [5.41, 5.74) is 1.21. The Hall–Kier alpha value is -0.960. The molecule has 1 aromatic heterocycles. The van der Waals surface area contributed by atoms with Gasteiger partial charge in [-0.2, -0.15) is 0 Å². The Bertz CT molecular complexity index is 307. The van der Waals surface area contributed by atoms with Gasteiger partial charge in [0.15, 0.2) is 0 Å². The Kier molecular flexibility index (Phi) is 4.92. The fourth-order valence-corrected chi connectivity index (χ4v) is 2.85. The molecule has 1 unspecified atom stereocenters. The lowest BCUT2D eigenvalue weighted by Gasteiger charge is -2.24. The van der Waals surface area contributed by atoms with Gasteiger partial charge in [0.2, 0.25) is 0 Å². The summed E-state index contributed by atoms with van der Waals surface area (Å²) in [4.78, 5) is 8.19. The summed E-state index contributed by atoms with van der Waals surface area (Å²) in [7, 11) is 2.03. The van der Waals surface area contributed by atoms with Crippen LogP contribution in [0.2, 0.25) is 0 Å². The van der Waals surface area contributed by atoms with Gasteiger partial charge in [-0.05, 0) is 25.8 Å². The molecule has 0 spiro atoms. The molecule has 0 amide bonds. The van der Waals surface area contributed by atoms with Gasteiger partial charge in [0.25, 0.3) is 0 Å². The quantitative estimate of drug-likeness (QED) is 0.849. The summed E-state index contributed by atoms with van der Waals surface area (Å²) in [6.45, 7) is 0. The molecule has 0 bridgehead atoms. The zero-order valence-corrected chi connectivity index (χ0v) is 10.7. The predicted molar refractivity (Wildman–Crippen MR) is 69.6 cm³/mol. The maximum atomic E-state index is 4.10. The van der Waals surface area contributed by atoms with Gasteiger partial charge in [-0.15, -0.1) is 0 Å². The topological polar surface area (TPSA) is 37.8 Å². The van der Waals surface area contributed by atoms with Crippen LogP contribution in [0.3, 0.4) is 0 Å². The standard InChI is InChI=1S/C14H23N3/c1-15-14(13-9-16-11-17-10-13)8-7-12-5-3-2-4-6-12/h9-12,14-15H,2-8H2,1H3. The van der Waals surface area contributed by atoms with E-state index in [9.17, 15) is 0 Å². The third kappa shape index (κ3) is 3.77. The average Bonchev–Trinajstić information content (AvgIpc) is 2.42. The summed E-state index contributed by atoms with van der Waals surface area (Å²) in [5.74, 6) is 0.948. The van der Waals surface area contributed by atoms with Crippen molar-refractivity contribution in [3.63, 3.8) is 0 Å². The van der Waals surface area contributed by atoms with Gasteiger partial charge in [0.1, 0.15) is 6.33 Å². The monoisotopic (exact) mass is 233 g/mol. The molecule has 0 aliphatic heterocycles. The van der Waals surface area contributed by atoms with Crippen molar-refractivity contribution in [3.8, 4) is 0 Å². The maximum Gasteiger partial charge on any atom is 0.115 e. The van der Waals surface area contributed by atoms with Crippen LogP contribution in [0.4, 0.5) is 0 Å². The molecule has 1 N–H and O–H groups in total. The minimum Gasteiger partial charge on any atom is -0.313 e. The molecular formula is C14H23N3. The normalized spacial score (nSPS) is 19.1. The maximum absolute atomic E-state index is 4.10. The highest BCUT2D eigenvalue weighted by atomic mass is 14.9. The second-order valence-electron chi connectivity index (χ2n) is 5.09. The highest BCUT2D eigenvalue weighted by Gasteiger charge is 2.16. The van der Waals surface area contributed by atoms with E-state index in [0.717, 1.165) is 5.92 Å². The lowest BCUT2D eigenvalue weighted by atomic mass is 9.85. The van der Waals surface area contributed by atoms with Gasteiger partial charge in [-0.3, -0.25) is 0 Å². The van der Waals surface area contributed by atoms with Crippen molar-refractivity contribution in [1.29, 1.82) is 0 Å². The highest BCUT2D eigenvalue weighted by Crippen LogP contribution is 2.29. The van der Waals surface area contributed by atoms with Crippen LogP contribution in [-0.4, -0.2) is 17.0 Å². The van der Waals surface area contributed by atoms with E-state index in [2.05, 4.69) is 15.3 Å². The van der Waals surface area contributed by atoms with Crippen LogP contribution in [0.1, 0.15) is 56.6 Å². The molecule has 2 rings (SSSR count). The molecule has 17 heavy (non-hydrogen) atoms.